The number of nitrogens with zero attached hydrogens (tertiary/aromatic N) is 4. The van der Waals surface area contributed by atoms with Gasteiger partial charge in [0.1, 0.15) is 5.82 Å². The maximum absolute atomic E-state index is 13.2. The first-order valence-corrected chi connectivity index (χ1v) is 10.3. The van der Waals surface area contributed by atoms with Gasteiger partial charge in [-0.3, -0.25) is 14.4 Å². The highest BCUT2D eigenvalue weighted by Crippen LogP contribution is 2.31. The molecule has 10 heteroatoms. The van der Waals surface area contributed by atoms with Crippen molar-refractivity contribution < 1.29 is 13.7 Å². The standard InChI is InChI=1S/C22H27N7O3/c1-22(2,3)12-28-7-8-29-18(21(28)32)16(11-25-29)26-15-9-17(27-19(30)13-5-6-13)24-10-14(15)20(31)23-4/h7-11,13H,5-6,12H2,1-4H3,(H,23,31)(H2,24,26,27,30)/i4D3. The van der Waals surface area contributed by atoms with E-state index in [0.29, 0.717) is 12.2 Å². The van der Waals surface area contributed by atoms with Crippen LogP contribution in [0.3, 0.4) is 0 Å². The SMILES string of the molecule is [2H]C([2H])([2H])NC(=O)c1cnc(NC(=O)C2CC2)cc1Nc1cnn2ccn(CC(C)(C)C)c(=O)c12. The Bertz CT molecular complexity index is 1350. The molecule has 4 rings (SSSR count). The molecule has 2 amide bonds. The zero-order valence-electron chi connectivity index (χ0n) is 21.1. The molecule has 10 nitrogen and oxygen atoms in total. The van der Waals surface area contributed by atoms with E-state index in [1.54, 1.807) is 17.0 Å². The summed E-state index contributed by atoms with van der Waals surface area (Å²) in [6.07, 6.45) is 7.54. The van der Waals surface area contributed by atoms with Crippen molar-refractivity contribution in [2.24, 2.45) is 11.3 Å². The minimum absolute atomic E-state index is 0.0624. The zero-order chi connectivity index (χ0) is 25.5. The predicted octanol–water partition coefficient (Wildman–Crippen LogP) is 2.39. The molecule has 32 heavy (non-hydrogen) atoms. The van der Waals surface area contributed by atoms with Gasteiger partial charge >= 0.3 is 0 Å². The normalized spacial score (nSPS) is 15.5. The molecule has 0 spiro atoms. The Hall–Kier alpha value is -3.69. The van der Waals surface area contributed by atoms with Crippen molar-refractivity contribution in [1.29, 1.82) is 0 Å². The van der Waals surface area contributed by atoms with Crippen molar-refractivity contribution in [3.8, 4) is 0 Å². The Balaban J connectivity index is 1.74. The van der Waals surface area contributed by atoms with Crippen LogP contribution in [-0.4, -0.2) is 38.0 Å². The predicted molar refractivity (Wildman–Crippen MR) is 121 cm³/mol. The lowest BCUT2D eigenvalue weighted by Crippen LogP contribution is -2.27. The Morgan fingerprint density at radius 1 is 1.22 bits per heavy atom. The summed E-state index contributed by atoms with van der Waals surface area (Å²) >= 11 is 0. The van der Waals surface area contributed by atoms with Crippen molar-refractivity contribution >= 4 is 34.5 Å². The Labute approximate surface area is 189 Å². The van der Waals surface area contributed by atoms with Crippen LogP contribution >= 0.6 is 0 Å². The fourth-order valence-electron chi connectivity index (χ4n) is 3.36. The second-order valence-corrected chi connectivity index (χ2v) is 9.10. The van der Waals surface area contributed by atoms with Crippen LogP contribution in [0.2, 0.25) is 0 Å². The molecule has 0 bridgehead atoms. The molecule has 168 valence electrons. The topological polar surface area (TPSA) is 122 Å². The third-order valence-corrected chi connectivity index (χ3v) is 5.02. The lowest BCUT2D eigenvalue weighted by Gasteiger charge is -2.19. The second kappa shape index (κ2) is 8.10. The average molecular weight is 441 g/mol. The smallest absolute Gasteiger partial charge is 0.278 e. The highest BCUT2D eigenvalue weighted by molar-refractivity contribution is 6.01. The van der Waals surface area contributed by atoms with Gasteiger partial charge in [-0.15, -0.1) is 0 Å². The van der Waals surface area contributed by atoms with Gasteiger partial charge in [-0.1, -0.05) is 20.8 Å². The largest absolute Gasteiger partial charge is 0.355 e. The first-order chi connectivity index (χ1) is 16.3. The molecule has 0 aliphatic heterocycles. The highest BCUT2D eigenvalue weighted by Gasteiger charge is 2.30. The van der Waals surface area contributed by atoms with Crippen molar-refractivity contribution in [2.75, 3.05) is 17.6 Å². The fraction of sp³-hybridized carbons (Fsp3) is 0.409. The van der Waals surface area contributed by atoms with Gasteiger partial charge in [0.15, 0.2) is 5.52 Å². The molecule has 3 heterocycles. The third kappa shape index (κ3) is 4.48. The zero-order valence-corrected chi connectivity index (χ0v) is 18.1. The van der Waals surface area contributed by atoms with E-state index < -0.39 is 12.9 Å². The summed E-state index contributed by atoms with van der Waals surface area (Å²) in [5.41, 5.74) is 0.221. The van der Waals surface area contributed by atoms with E-state index in [0.717, 1.165) is 12.8 Å². The number of nitrogens with one attached hydrogen (secondary N) is 3. The van der Waals surface area contributed by atoms with Crippen LogP contribution in [0.15, 0.2) is 35.6 Å². The molecule has 1 saturated carbocycles. The highest BCUT2D eigenvalue weighted by atomic mass is 16.2. The number of carbonyl (C=O) groups excluding carboxylic acids is 2. The maximum atomic E-state index is 13.2. The molecule has 1 aliphatic rings. The van der Waals surface area contributed by atoms with Crippen LogP contribution in [0.5, 0.6) is 0 Å². The van der Waals surface area contributed by atoms with Crippen molar-refractivity contribution in [1.82, 2.24) is 24.5 Å². The lowest BCUT2D eigenvalue weighted by atomic mass is 9.97. The van der Waals surface area contributed by atoms with E-state index in [1.807, 2.05) is 26.1 Å². The summed E-state index contributed by atoms with van der Waals surface area (Å²) in [6, 6.07) is 1.43. The Morgan fingerprint density at radius 2 is 2.00 bits per heavy atom. The number of fused-ring (bicyclic) bond motifs is 1. The van der Waals surface area contributed by atoms with Crippen molar-refractivity contribution in [3.05, 3.63) is 46.8 Å². The van der Waals surface area contributed by atoms with Gasteiger partial charge in [0.25, 0.3) is 11.5 Å². The number of aromatic nitrogens is 4. The van der Waals surface area contributed by atoms with Crippen LogP contribution in [0.4, 0.5) is 17.2 Å². The number of rotatable bonds is 6. The van der Waals surface area contributed by atoms with Gasteiger partial charge in [-0.2, -0.15) is 5.10 Å². The summed E-state index contributed by atoms with van der Waals surface area (Å²) in [5.74, 6) is -0.935. The number of carbonyl (C=O) groups is 2. The number of pyridine rings is 1. The average Bonchev–Trinajstić information content (AvgIpc) is 3.50. The molecule has 3 aromatic rings. The molecule has 0 radical (unpaired) electrons. The van der Waals surface area contributed by atoms with E-state index in [4.69, 9.17) is 4.11 Å². The molecule has 1 aliphatic carbocycles. The third-order valence-electron chi connectivity index (χ3n) is 5.02. The number of amides is 2. The molecule has 0 atom stereocenters. The summed E-state index contributed by atoms with van der Waals surface area (Å²) < 4.78 is 25.0. The molecule has 1 fully saturated rings. The first kappa shape index (κ1) is 17.9. The van der Waals surface area contributed by atoms with Gasteiger partial charge in [0, 0.05) is 48.2 Å². The van der Waals surface area contributed by atoms with Gasteiger partial charge < -0.3 is 20.5 Å². The quantitative estimate of drug-likeness (QED) is 0.541. The molecule has 0 saturated heterocycles. The molecule has 3 N–H and O–H groups in total. The maximum Gasteiger partial charge on any atom is 0.278 e. The van der Waals surface area contributed by atoms with Crippen LogP contribution in [0.25, 0.3) is 5.52 Å². The monoisotopic (exact) mass is 440 g/mol. The van der Waals surface area contributed by atoms with Gasteiger partial charge in [-0.05, 0) is 18.3 Å². The van der Waals surface area contributed by atoms with Crippen molar-refractivity contribution in [3.63, 3.8) is 0 Å². The Morgan fingerprint density at radius 3 is 2.69 bits per heavy atom. The molecule has 0 unspecified atom stereocenters. The molecular formula is C22H27N7O3. The van der Waals surface area contributed by atoms with Gasteiger partial charge in [-0.25, -0.2) is 9.50 Å². The lowest BCUT2D eigenvalue weighted by molar-refractivity contribution is -0.117. The van der Waals surface area contributed by atoms with Crippen LogP contribution in [0, 0.1) is 11.3 Å². The summed E-state index contributed by atoms with van der Waals surface area (Å²) in [7, 11) is 0. The summed E-state index contributed by atoms with van der Waals surface area (Å²) in [4.78, 5) is 42.2. The summed E-state index contributed by atoms with van der Waals surface area (Å²) in [6.45, 7) is 3.82. The van der Waals surface area contributed by atoms with E-state index >= 15 is 0 Å². The minimum Gasteiger partial charge on any atom is -0.355 e. The van der Waals surface area contributed by atoms with Crippen LogP contribution in [0.1, 0.15) is 48.1 Å². The molecule has 0 aromatic carbocycles. The van der Waals surface area contributed by atoms with Crippen molar-refractivity contribution in [2.45, 2.75) is 40.2 Å². The first-order valence-electron chi connectivity index (χ1n) is 11.8. The number of hydrogen-bond acceptors (Lipinski definition) is 6. The number of anilines is 3. The van der Waals surface area contributed by atoms with Gasteiger partial charge in [0.05, 0.1) is 23.1 Å². The number of hydrogen-bond donors (Lipinski definition) is 3. The van der Waals surface area contributed by atoms with E-state index in [9.17, 15) is 14.4 Å². The Kier molecular flexibility index (Phi) is 4.54. The van der Waals surface area contributed by atoms with E-state index in [2.05, 4.69) is 20.7 Å². The second-order valence-electron chi connectivity index (χ2n) is 9.10. The fourth-order valence-corrected chi connectivity index (χ4v) is 3.36. The van der Waals surface area contributed by atoms with Crippen LogP contribution in [-0.2, 0) is 11.3 Å². The van der Waals surface area contributed by atoms with E-state index in [1.165, 1.54) is 23.0 Å². The molecular weight excluding hydrogens is 410 g/mol. The molecule has 3 aromatic heterocycles. The summed E-state index contributed by atoms with van der Waals surface area (Å²) in [5, 5.41) is 11.9. The van der Waals surface area contributed by atoms with Crippen LogP contribution < -0.4 is 21.5 Å². The van der Waals surface area contributed by atoms with E-state index in [-0.39, 0.29) is 45.4 Å². The van der Waals surface area contributed by atoms with Gasteiger partial charge in [0.2, 0.25) is 5.91 Å². The minimum atomic E-state index is -2.71.